The van der Waals surface area contributed by atoms with E-state index in [-0.39, 0.29) is 12.0 Å². The second-order valence-corrected chi connectivity index (χ2v) is 21.7. The van der Waals surface area contributed by atoms with Crippen LogP contribution in [0, 0.1) is 12.8 Å². The van der Waals surface area contributed by atoms with Crippen molar-refractivity contribution in [3.05, 3.63) is 113 Å². The number of hydrogen-bond acceptors (Lipinski definition) is 2. The van der Waals surface area contributed by atoms with E-state index in [2.05, 4.69) is 116 Å². The molecule has 2 aliphatic heterocycles. The molecule has 0 spiro atoms. The van der Waals surface area contributed by atoms with Crippen LogP contribution in [0.4, 0.5) is 0 Å². The van der Waals surface area contributed by atoms with E-state index in [0.29, 0.717) is 5.92 Å². The Morgan fingerprint density at radius 1 is 0.920 bits per heavy atom. The molecule has 0 saturated carbocycles. The van der Waals surface area contributed by atoms with E-state index in [1.165, 1.54) is 68.9 Å². The van der Waals surface area contributed by atoms with Gasteiger partial charge in [-0.1, -0.05) is 51.7 Å². The molecule has 252 valence electrons. The van der Waals surface area contributed by atoms with Gasteiger partial charge in [0.2, 0.25) is 28.8 Å². The highest BCUT2D eigenvalue weighted by molar-refractivity contribution is 6.89. The van der Waals surface area contributed by atoms with Gasteiger partial charge in [0.15, 0.2) is 12.4 Å². The van der Waals surface area contributed by atoms with Crippen LogP contribution in [0.5, 0.6) is 0 Å². The first-order valence-corrected chi connectivity index (χ1v) is 22.3. The van der Waals surface area contributed by atoms with Crippen molar-refractivity contribution in [3.8, 4) is 22.5 Å². The lowest BCUT2D eigenvalue weighted by atomic mass is 9.78. The fourth-order valence-electron chi connectivity index (χ4n) is 9.48. The minimum atomic E-state index is -1.67. The molecule has 50 heavy (non-hydrogen) atoms. The van der Waals surface area contributed by atoms with Gasteiger partial charge in [0.05, 0.1) is 19.6 Å². The summed E-state index contributed by atoms with van der Waals surface area (Å²) in [6, 6.07) is 23.3. The SMILES string of the molecule is C=C1C2C(CCc3cc4oc5nc(C)ccc5c4cc3-c3c4c(cc[n+]31)CCCC4)c1ccccc1-c1cc(CC(C)C)c([Si](C)(C)C)c[n+]12. The lowest BCUT2D eigenvalue weighted by molar-refractivity contribution is -0.726. The zero-order chi connectivity index (χ0) is 34.5. The number of hydrogen-bond donors (Lipinski definition) is 0. The summed E-state index contributed by atoms with van der Waals surface area (Å²) in [4.78, 5) is 4.78. The molecule has 6 heterocycles. The average molecular weight is 676 g/mol. The molecule has 2 atom stereocenters. The van der Waals surface area contributed by atoms with E-state index < -0.39 is 8.07 Å². The quantitative estimate of drug-likeness (QED) is 0.138. The van der Waals surface area contributed by atoms with Crippen LogP contribution in [0.25, 0.3) is 50.3 Å². The summed E-state index contributed by atoms with van der Waals surface area (Å²) in [6.07, 6.45) is 12.7. The molecule has 6 aromatic rings. The van der Waals surface area contributed by atoms with Crippen molar-refractivity contribution in [2.45, 2.75) is 97.3 Å². The first-order valence-electron chi connectivity index (χ1n) is 18.8. The van der Waals surface area contributed by atoms with Crippen molar-refractivity contribution < 1.29 is 13.6 Å². The first-order chi connectivity index (χ1) is 24.1. The van der Waals surface area contributed by atoms with Crippen LogP contribution in [-0.4, -0.2) is 13.1 Å². The van der Waals surface area contributed by atoms with Crippen LogP contribution in [0.1, 0.15) is 78.6 Å². The fraction of sp³-hybridized carbons (Fsp3) is 0.356. The topological polar surface area (TPSA) is 33.8 Å². The minimum Gasteiger partial charge on any atom is -0.438 e. The second-order valence-electron chi connectivity index (χ2n) is 16.7. The highest BCUT2D eigenvalue weighted by atomic mass is 28.3. The third-order valence-electron chi connectivity index (χ3n) is 11.8. The van der Waals surface area contributed by atoms with Crippen LogP contribution in [0.2, 0.25) is 19.6 Å². The average Bonchev–Trinajstić information content (AvgIpc) is 3.46. The Bertz CT molecular complexity index is 2380. The van der Waals surface area contributed by atoms with Gasteiger partial charge in [0, 0.05) is 44.9 Å². The molecule has 9 rings (SSSR count). The van der Waals surface area contributed by atoms with Crippen molar-refractivity contribution in [2.75, 3.05) is 0 Å². The Hall–Kier alpha value is -4.35. The molecule has 5 heteroatoms. The summed E-state index contributed by atoms with van der Waals surface area (Å²) in [7, 11) is -1.67. The highest BCUT2D eigenvalue weighted by Crippen LogP contribution is 2.46. The number of aromatic nitrogens is 3. The maximum Gasteiger partial charge on any atom is 0.249 e. The molecule has 0 amide bonds. The van der Waals surface area contributed by atoms with Crippen LogP contribution in [0.3, 0.4) is 0 Å². The van der Waals surface area contributed by atoms with Gasteiger partial charge >= 0.3 is 0 Å². The largest absolute Gasteiger partial charge is 0.438 e. The zero-order valence-electron chi connectivity index (χ0n) is 30.6. The van der Waals surface area contributed by atoms with E-state index >= 15 is 0 Å². The summed E-state index contributed by atoms with van der Waals surface area (Å²) in [6.45, 7) is 19.3. The summed E-state index contributed by atoms with van der Waals surface area (Å²) in [5.74, 6) is 0.878. The van der Waals surface area contributed by atoms with Gasteiger partial charge < -0.3 is 4.42 Å². The summed E-state index contributed by atoms with van der Waals surface area (Å²) >= 11 is 0. The lowest BCUT2D eigenvalue weighted by Gasteiger charge is -2.31. The molecule has 2 aromatic carbocycles. The number of rotatable bonds is 3. The summed E-state index contributed by atoms with van der Waals surface area (Å²) in [5.41, 5.74) is 16.5. The number of aryl methyl sites for hydroxylation is 3. The molecule has 2 unspecified atom stereocenters. The first kappa shape index (κ1) is 31.6. The predicted molar refractivity (Wildman–Crippen MR) is 208 cm³/mol. The van der Waals surface area contributed by atoms with Crippen LogP contribution < -0.4 is 14.3 Å². The third kappa shape index (κ3) is 4.95. The Labute approximate surface area is 297 Å². The van der Waals surface area contributed by atoms with Crippen molar-refractivity contribution >= 4 is 41.0 Å². The highest BCUT2D eigenvalue weighted by Gasteiger charge is 2.48. The van der Waals surface area contributed by atoms with Crippen molar-refractivity contribution in [1.82, 2.24) is 4.98 Å². The Balaban J connectivity index is 1.34. The number of fused-ring (bicyclic) bond motifs is 14. The van der Waals surface area contributed by atoms with Gasteiger partial charge in [0.25, 0.3) is 0 Å². The van der Waals surface area contributed by atoms with Gasteiger partial charge in [-0.05, 0) is 117 Å². The van der Waals surface area contributed by atoms with Crippen LogP contribution in [0.15, 0.2) is 84.1 Å². The molecule has 3 aliphatic rings. The van der Waals surface area contributed by atoms with E-state index in [1.807, 2.05) is 6.92 Å². The Morgan fingerprint density at radius 2 is 1.74 bits per heavy atom. The third-order valence-corrected chi connectivity index (χ3v) is 13.8. The fourth-order valence-corrected chi connectivity index (χ4v) is 11.1. The number of pyridine rings is 3. The molecule has 0 fully saturated rings. The van der Waals surface area contributed by atoms with Crippen LogP contribution >= 0.6 is 0 Å². The maximum atomic E-state index is 6.48. The molecule has 1 aliphatic carbocycles. The van der Waals surface area contributed by atoms with Crippen LogP contribution in [-0.2, 0) is 25.7 Å². The molecular formula is C45H49N3OSi+2. The molecule has 0 N–H and O–H groups in total. The van der Waals surface area contributed by atoms with Gasteiger partial charge in [-0.2, -0.15) is 9.13 Å². The molecule has 0 radical (unpaired) electrons. The summed E-state index contributed by atoms with van der Waals surface area (Å²) in [5, 5.41) is 3.82. The van der Waals surface area contributed by atoms with E-state index in [4.69, 9.17) is 16.0 Å². The lowest BCUT2D eigenvalue weighted by Crippen LogP contribution is -2.57. The number of furan rings is 1. The Morgan fingerprint density at radius 3 is 2.56 bits per heavy atom. The van der Waals surface area contributed by atoms with E-state index in [1.54, 1.807) is 5.19 Å². The van der Waals surface area contributed by atoms with E-state index in [9.17, 15) is 0 Å². The molecule has 0 bridgehead atoms. The van der Waals surface area contributed by atoms with Crippen molar-refractivity contribution in [3.63, 3.8) is 0 Å². The molecular weight excluding hydrogens is 627 g/mol. The molecule has 0 saturated heterocycles. The maximum absolute atomic E-state index is 6.48. The normalized spacial score (nSPS) is 18.4. The smallest absolute Gasteiger partial charge is 0.249 e. The predicted octanol–water partition coefficient (Wildman–Crippen LogP) is 9.58. The number of nitrogens with zero attached hydrogens (tertiary/aromatic N) is 3. The number of allylic oxidation sites excluding steroid dienone is 1. The molecule has 4 nitrogen and oxygen atoms in total. The van der Waals surface area contributed by atoms with Gasteiger partial charge in [-0.15, -0.1) is 0 Å². The number of benzene rings is 2. The van der Waals surface area contributed by atoms with Crippen molar-refractivity contribution in [2.24, 2.45) is 5.92 Å². The van der Waals surface area contributed by atoms with E-state index in [0.717, 1.165) is 59.9 Å². The monoisotopic (exact) mass is 675 g/mol. The second kappa shape index (κ2) is 11.6. The minimum absolute atomic E-state index is 0.0961. The Kier molecular flexibility index (Phi) is 7.33. The zero-order valence-corrected chi connectivity index (χ0v) is 31.6. The van der Waals surface area contributed by atoms with Gasteiger partial charge in [-0.25, -0.2) is 4.98 Å². The summed E-state index contributed by atoms with van der Waals surface area (Å²) < 4.78 is 11.6. The standard InChI is InChI=1S/C45H49N3OSi/c1-27(2)22-32-23-40-35-15-11-10-14-34(35)36-19-17-31-24-41-39(37-18-16-28(3)46-45(37)49-41)25-38(31)44-33-13-9-8-12-30(33)20-21-47(44)29(4)43(36)48(40)26-42(32)50(5,6)7/h10-11,14-16,18,20-21,23-27,36,43H,4,8-9,12-13,17,19,22H2,1-3,5-7H3/q+2. The van der Waals surface area contributed by atoms with Gasteiger partial charge in [0.1, 0.15) is 5.58 Å². The molecule has 4 aromatic heterocycles. The van der Waals surface area contributed by atoms with Gasteiger partial charge in [-0.3, -0.25) is 0 Å². The van der Waals surface area contributed by atoms with Crippen molar-refractivity contribution in [1.29, 1.82) is 0 Å².